The van der Waals surface area contributed by atoms with Crippen LogP contribution in [-0.4, -0.2) is 5.78 Å². The Morgan fingerprint density at radius 1 is 1.00 bits per heavy atom. The number of aryl methyl sites for hydroxylation is 1. The molecule has 2 aromatic carbocycles. The molecule has 0 spiro atoms. The molecule has 0 atom stereocenters. The minimum Gasteiger partial charge on any atom is -0.289 e. The van der Waals surface area contributed by atoms with Crippen LogP contribution < -0.4 is 0 Å². The van der Waals surface area contributed by atoms with Gasteiger partial charge in [0, 0.05) is 16.1 Å². The van der Waals surface area contributed by atoms with Crippen LogP contribution in [0.1, 0.15) is 21.5 Å². The molecule has 0 saturated carbocycles. The Kier molecular flexibility index (Phi) is 3.51. The third-order valence-electron chi connectivity index (χ3n) is 2.48. The van der Waals surface area contributed by atoms with E-state index in [1.165, 1.54) is 0 Å². The van der Waals surface area contributed by atoms with Gasteiger partial charge in [-0.1, -0.05) is 29.3 Å². The van der Waals surface area contributed by atoms with Crippen LogP contribution in [0.3, 0.4) is 0 Å². The van der Waals surface area contributed by atoms with E-state index in [0.717, 1.165) is 5.56 Å². The zero-order chi connectivity index (χ0) is 12.4. The fourth-order valence-corrected chi connectivity index (χ4v) is 2.01. The maximum atomic E-state index is 12.2. The van der Waals surface area contributed by atoms with Gasteiger partial charge in [0.1, 0.15) is 0 Å². The van der Waals surface area contributed by atoms with E-state index < -0.39 is 0 Å². The smallest absolute Gasteiger partial charge is 0.194 e. The number of rotatable bonds is 2. The molecule has 0 fully saturated rings. The van der Waals surface area contributed by atoms with Crippen molar-refractivity contribution in [3.8, 4) is 0 Å². The summed E-state index contributed by atoms with van der Waals surface area (Å²) in [6.45, 7) is 1.93. The molecule has 86 valence electrons. The minimum absolute atomic E-state index is 0.0910. The summed E-state index contributed by atoms with van der Waals surface area (Å²) >= 11 is 11.8. The van der Waals surface area contributed by atoms with Gasteiger partial charge in [-0.15, -0.1) is 0 Å². The van der Waals surface area contributed by atoms with Crippen LogP contribution in [0.25, 0.3) is 0 Å². The molecule has 0 bridgehead atoms. The Labute approximate surface area is 110 Å². The third kappa shape index (κ3) is 2.68. The van der Waals surface area contributed by atoms with Crippen LogP contribution in [0, 0.1) is 6.92 Å². The molecule has 0 amide bonds. The molecule has 0 aromatic heterocycles. The summed E-state index contributed by atoms with van der Waals surface area (Å²) in [5.74, 6) is -0.0910. The van der Waals surface area contributed by atoms with E-state index in [1.54, 1.807) is 36.4 Å². The van der Waals surface area contributed by atoms with Gasteiger partial charge in [-0.05, 0) is 48.9 Å². The molecule has 0 radical (unpaired) electrons. The summed E-state index contributed by atoms with van der Waals surface area (Å²) in [6.07, 6.45) is 0. The first-order chi connectivity index (χ1) is 8.08. The van der Waals surface area contributed by atoms with Crippen molar-refractivity contribution in [2.45, 2.75) is 6.92 Å². The zero-order valence-corrected chi connectivity index (χ0v) is 10.7. The highest BCUT2D eigenvalue weighted by atomic mass is 35.5. The van der Waals surface area contributed by atoms with Crippen LogP contribution in [0.4, 0.5) is 0 Å². The van der Waals surface area contributed by atoms with E-state index in [1.807, 2.05) is 13.0 Å². The predicted octanol–water partition coefficient (Wildman–Crippen LogP) is 4.53. The summed E-state index contributed by atoms with van der Waals surface area (Å²) in [5.41, 5.74) is 2.13. The Hall–Kier alpha value is -1.31. The van der Waals surface area contributed by atoms with E-state index in [-0.39, 0.29) is 5.78 Å². The van der Waals surface area contributed by atoms with Crippen LogP contribution in [0.15, 0.2) is 42.5 Å². The first kappa shape index (κ1) is 12.2. The van der Waals surface area contributed by atoms with Crippen molar-refractivity contribution in [3.05, 3.63) is 69.2 Å². The summed E-state index contributed by atoms with van der Waals surface area (Å²) in [6, 6.07) is 12.2. The molecule has 0 saturated heterocycles. The summed E-state index contributed by atoms with van der Waals surface area (Å²) in [7, 11) is 0. The zero-order valence-electron chi connectivity index (χ0n) is 9.21. The second kappa shape index (κ2) is 4.91. The molecule has 0 heterocycles. The highest BCUT2D eigenvalue weighted by Crippen LogP contribution is 2.21. The molecule has 17 heavy (non-hydrogen) atoms. The van der Waals surface area contributed by atoms with Crippen molar-refractivity contribution < 1.29 is 4.79 Å². The van der Waals surface area contributed by atoms with Gasteiger partial charge >= 0.3 is 0 Å². The lowest BCUT2D eigenvalue weighted by molar-refractivity contribution is 0.103. The average molecular weight is 265 g/mol. The largest absolute Gasteiger partial charge is 0.289 e. The molecule has 0 aliphatic carbocycles. The maximum absolute atomic E-state index is 12.2. The maximum Gasteiger partial charge on any atom is 0.194 e. The predicted molar refractivity (Wildman–Crippen MR) is 71.1 cm³/mol. The lowest BCUT2D eigenvalue weighted by Crippen LogP contribution is -2.02. The molecule has 3 heteroatoms. The van der Waals surface area contributed by atoms with E-state index in [9.17, 15) is 4.79 Å². The van der Waals surface area contributed by atoms with Gasteiger partial charge < -0.3 is 0 Å². The second-order valence-electron chi connectivity index (χ2n) is 3.82. The average Bonchev–Trinajstić information content (AvgIpc) is 2.29. The second-order valence-corrected chi connectivity index (χ2v) is 4.66. The highest BCUT2D eigenvalue weighted by Gasteiger charge is 2.12. The van der Waals surface area contributed by atoms with Crippen LogP contribution in [0.2, 0.25) is 10.0 Å². The summed E-state index contributed by atoms with van der Waals surface area (Å²) in [5, 5.41) is 1.08. The van der Waals surface area contributed by atoms with E-state index in [0.29, 0.717) is 21.2 Å². The molecule has 0 unspecified atom stereocenters. The lowest BCUT2D eigenvalue weighted by atomic mass is 10.0. The lowest BCUT2D eigenvalue weighted by Gasteiger charge is -2.04. The summed E-state index contributed by atoms with van der Waals surface area (Å²) in [4.78, 5) is 12.2. The number of halogens is 2. The van der Waals surface area contributed by atoms with E-state index >= 15 is 0 Å². The minimum atomic E-state index is -0.0910. The number of hydrogen-bond donors (Lipinski definition) is 0. The van der Waals surface area contributed by atoms with Crippen molar-refractivity contribution in [2.75, 3.05) is 0 Å². The SMILES string of the molecule is Cc1ccc(C(=O)c2ccc(Cl)cc2)c(Cl)c1. The molecule has 0 N–H and O–H groups in total. The first-order valence-electron chi connectivity index (χ1n) is 5.14. The van der Waals surface area contributed by atoms with Gasteiger partial charge in [-0.2, -0.15) is 0 Å². The molecular weight excluding hydrogens is 255 g/mol. The molecule has 2 aromatic rings. The van der Waals surface area contributed by atoms with Crippen molar-refractivity contribution in [3.63, 3.8) is 0 Å². The molecule has 2 rings (SSSR count). The van der Waals surface area contributed by atoms with Gasteiger partial charge in [0.15, 0.2) is 5.78 Å². The van der Waals surface area contributed by atoms with Gasteiger partial charge in [0.2, 0.25) is 0 Å². The van der Waals surface area contributed by atoms with Crippen LogP contribution >= 0.6 is 23.2 Å². The van der Waals surface area contributed by atoms with Gasteiger partial charge in [0.05, 0.1) is 5.02 Å². The van der Waals surface area contributed by atoms with Crippen molar-refractivity contribution >= 4 is 29.0 Å². The third-order valence-corrected chi connectivity index (χ3v) is 3.04. The molecule has 0 aliphatic heterocycles. The fourth-order valence-electron chi connectivity index (χ4n) is 1.56. The van der Waals surface area contributed by atoms with Crippen molar-refractivity contribution in [1.82, 2.24) is 0 Å². The Morgan fingerprint density at radius 2 is 1.65 bits per heavy atom. The Morgan fingerprint density at radius 3 is 2.24 bits per heavy atom. The topological polar surface area (TPSA) is 17.1 Å². The monoisotopic (exact) mass is 264 g/mol. The summed E-state index contributed by atoms with van der Waals surface area (Å²) < 4.78 is 0. The molecule has 0 aliphatic rings. The first-order valence-corrected chi connectivity index (χ1v) is 5.90. The van der Waals surface area contributed by atoms with Crippen LogP contribution in [-0.2, 0) is 0 Å². The standard InChI is InChI=1S/C14H10Cl2O/c1-9-2-7-12(13(16)8-9)14(17)10-3-5-11(15)6-4-10/h2-8H,1H3. The number of ketones is 1. The number of benzene rings is 2. The molecular formula is C14H10Cl2O. The van der Waals surface area contributed by atoms with Crippen molar-refractivity contribution in [2.24, 2.45) is 0 Å². The number of hydrogen-bond acceptors (Lipinski definition) is 1. The van der Waals surface area contributed by atoms with E-state index in [4.69, 9.17) is 23.2 Å². The fraction of sp³-hybridized carbons (Fsp3) is 0.0714. The van der Waals surface area contributed by atoms with Gasteiger partial charge in [0.25, 0.3) is 0 Å². The molecule has 1 nitrogen and oxygen atoms in total. The number of carbonyl (C=O) groups is 1. The highest BCUT2D eigenvalue weighted by molar-refractivity contribution is 6.35. The van der Waals surface area contributed by atoms with Gasteiger partial charge in [-0.25, -0.2) is 0 Å². The Balaban J connectivity index is 2.40. The Bertz CT molecular complexity index is 559. The van der Waals surface area contributed by atoms with Crippen LogP contribution in [0.5, 0.6) is 0 Å². The van der Waals surface area contributed by atoms with E-state index in [2.05, 4.69) is 0 Å². The normalized spacial score (nSPS) is 10.3. The number of carbonyl (C=O) groups excluding carboxylic acids is 1. The van der Waals surface area contributed by atoms with Crippen molar-refractivity contribution in [1.29, 1.82) is 0 Å². The quantitative estimate of drug-likeness (QED) is 0.729. The van der Waals surface area contributed by atoms with Gasteiger partial charge in [-0.3, -0.25) is 4.79 Å².